The summed E-state index contributed by atoms with van der Waals surface area (Å²) in [5.74, 6) is 1.33. The van der Waals surface area contributed by atoms with E-state index in [9.17, 15) is 8.42 Å². The lowest BCUT2D eigenvalue weighted by molar-refractivity contribution is 0.0346. The molecule has 2 aromatic rings. The fraction of sp³-hybridized carbons (Fsp3) is 0.400. The first kappa shape index (κ1) is 16.6. The van der Waals surface area contributed by atoms with Crippen molar-refractivity contribution in [2.24, 2.45) is 11.7 Å². The van der Waals surface area contributed by atoms with Crippen LogP contribution in [0.5, 0.6) is 5.75 Å². The molecule has 0 radical (unpaired) electrons. The Morgan fingerprint density at radius 1 is 1.12 bits per heavy atom. The zero-order valence-electron chi connectivity index (χ0n) is 14.3. The van der Waals surface area contributed by atoms with Crippen molar-refractivity contribution in [1.29, 1.82) is 0 Å². The minimum Gasteiger partial charge on any atom is -0.481 e. The van der Waals surface area contributed by atoms with E-state index < -0.39 is 15.4 Å². The third-order valence-corrected chi connectivity index (χ3v) is 6.48. The van der Waals surface area contributed by atoms with E-state index in [0.717, 1.165) is 12.8 Å². The Morgan fingerprint density at radius 3 is 2.44 bits per heavy atom. The summed E-state index contributed by atoms with van der Waals surface area (Å²) < 4.78 is 29.8. The molecular weight excluding hydrogens is 334 g/mol. The molecule has 0 heterocycles. The van der Waals surface area contributed by atoms with Gasteiger partial charge >= 0.3 is 0 Å². The summed E-state index contributed by atoms with van der Waals surface area (Å²) in [6, 6.07) is 14.9. The van der Waals surface area contributed by atoms with Gasteiger partial charge in [0.25, 0.3) is 0 Å². The van der Waals surface area contributed by atoms with Crippen LogP contribution in [0.1, 0.15) is 30.4 Å². The fourth-order valence-corrected chi connectivity index (χ4v) is 4.49. The van der Waals surface area contributed by atoms with Gasteiger partial charge in [-0.05, 0) is 48.6 Å². The van der Waals surface area contributed by atoms with E-state index >= 15 is 0 Å². The Labute approximate surface area is 148 Å². The van der Waals surface area contributed by atoms with Gasteiger partial charge in [0.1, 0.15) is 11.4 Å². The second-order valence-corrected chi connectivity index (χ2v) is 9.37. The summed E-state index contributed by atoms with van der Waals surface area (Å²) >= 11 is 0. The molecule has 1 fully saturated rings. The number of nitrogens with two attached hydrogens (primary N) is 1. The van der Waals surface area contributed by atoms with Gasteiger partial charge in [0.2, 0.25) is 0 Å². The molecule has 0 aliphatic heterocycles. The van der Waals surface area contributed by atoms with Gasteiger partial charge in [0.05, 0.1) is 10.9 Å². The van der Waals surface area contributed by atoms with Gasteiger partial charge in [-0.1, -0.05) is 37.1 Å². The molecule has 0 spiro atoms. The highest BCUT2D eigenvalue weighted by molar-refractivity contribution is 7.90. The Kier molecular flexibility index (Phi) is 3.89. The quantitative estimate of drug-likeness (QED) is 0.893. The summed E-state index contributed by atoms with van der Waals surface area (Å²) in [6.07, 6.45) is 5.39. The van der Waals surface area contributed by atoms with Crippen molar-refractivity contribution in [1.82, 2.24) is 0 Å². The summed E-state index contributed by atoms with van der Waals surface area (Å²) in [5.41, 5.74) is 8.48. The molecule has 2 aliphatic carbocycles. The average Bonchev–Trinajstić information content (AvgIpc) is 3.33. The van der Waals surface area contributed by atoms with Crippen LogP contribution in [0.2, 0.25) is 0 Å². The summed E-state index contributed by atoms with van der Waals surface area (Å²) in [5, 5.41) is 0. The number of ether oxygens (including phenoxy) is 1. The normalized spacial score (nSPS) is 25.6. The van der Waals surface area contributed by atoms with Crippen molar-refractivity contribution < 1.29 is 13.2 Å². The van der Waals surface area contributed by atoms with Crippen LogP contribution in [-0.2, 0) is 21.9 Å². The van der Waals surface area contributed by atoms with E-state index in [2.05, 4.69) is 12.1 Å². The smallest absolute Gasteiger partial charge is 0.175 e. The second-order valence-electron chi connectivity index (χ2n) is 7.35. The van der Waals surface area contributed by atoms with Crippen molar-refractivity contribution in [3.8, 4) is 5.75 Å². The lowest BCUT2D eigenvalue weighted by Crippen LogP contribution is -2.47. The molecule has 0 bridgehead atoms. The molecule has 2 atom stereocenters. The molecule has 0 aromatic heterocycles. The Hall–Kier alpha value is -1.85. The van der Waals surface area contributed by atoms with Crippen molar-refractivity contribution in [2.75, 3.05) is 6.26 Å². The van der Waals surface area contributed by atoms with Gasteiger partial charge in [-0.3, -0.25) is 0 Å². The molecule has 2 aromatic carbocycles. The maximum absolute atomic E-state index is 11.7. The molecule has 1 saturated carbocycles. The monoisotopic (exact) mass is 357 g/mol. The van der Waals surface area contributed by atoms with Crippen molar-refractivity contribution >= 4 is 9.84 Å². The first-order chi connectivity index (χ1) is 11.9. The molecular formula is C20H23NO3S. The van der Waals surface area contributed by atoms with E-state index in [0.29, 0.717) is 16.6 Å². The SMILES string of the molecule is CS(=O)(=O)c1ccc(OC2(CC3CC3)c3ccccc3CC2N)cc1. The van der Waals surface area contributed by atoms with Gasteiger partial charge in [-0.15, -0.1) is 0 Å². The standard InChI is InChI=1S/C20H23NO3S/c1-25(22,23)17-10-8-16(9-11-17)24-20(13-14-6-7-14)18-5-3-2-4-15(18)12-19(20)21/h2-5,8-11,14,19H,6-7,12-13,21H2,1H3. The zero-order chi connectivity index (χ0) is 17.7. The Bertz CT molecular complexity index is 887. The molecule has 2 N–H and O–H groups in total. The van der Waals surface area contributed by atoms with Gasteiger partial charge < -0.3 is 10.5 Å². The third-order valence-electron chi connectivity index (χ3n) is 5.35. The van der Waals surface area contributed by atoms with Crippen molar-refractivity contribution in [3.05, 3.63) is 59.7 Å². The number of benzene rings is 2. The topological polar surface area (TPSA) is 69.4 Å². The van der Waals surface area contributed by atoms with Gasteiger partial charge in [-0.25, -0.2) is 8.42 Å². The largest absolute Gasteiger partial charge is 0.481 e. The molecule has 5 heteroatoms. The second kappa shape index (κ2) is 5.85. The third kappa shape index (κ3) is 3.07. The van der Waals surface area contributed by atoms with Crippen LogP contribution < -0.4 is 10.5 Å². The summed E-state index contributed by atoms with van der Waals surface area (Å²) in [7, 11) is -3.21. The Balaban J connectivity index is 1.71. The number of hydrogen-bond donors (Lipinski definition) is 1. The molecule has 132 valence electrons. The van der Waals surface area contributed by atoms with Gasteiger partial charge in [0, 0.05) is 11.8 Å². The van der Waals surface area contributed by atoms with Crippen LogP contribution in [-0.4, -0.2) is 20.7 Å². The highest BCUT2D eigenvalue weighted by Gasteiger charge is 2.50. The number of hydrogen-bond acceptors (Lipinski definition) is 4. The summed E-state index contributed by atoms with van der Waals surface area (Å²) in [6.45, 7) is 0. The lowest BCUT2D eigenvalue weighted by atomic mass is 9.86. The maximum atomic E-state index is 11.7. The predicted octanol–water partition coefficient (Wildman–Crippen LogP) is 3.05. The van der Waals surface area contributed by atoms with E-state index in [-0.39, 0.29) is 6.04 Å². The number of sulfone groups is 1. The van der Waals surface area contributed by atoms with Crippen LogP contribution in [0, 0.1) is 5.92 Å². The molecule has 0 amide bonds. The number of fused-ring (bicyclic) bond motifs is 1. The highest BCUT2D eigenvalue weighted by Crippen LogP contribution is 2.49. The summed E-state index contributed by atoms with van der Waals surface area (Å²) in [4.78, 5) is 0.298. The molecule has 4 nitrogen and oxygen atoms in total. The van der Waals surface area contributed by atoms with E-state index in [1.165, 1.54) is 30.2 Å². The fourth-order valence-electron chi connectivity index (χ4n) is 3.86. The van der Waals surface area contributed by atoms with Crippen LogP contribution in [0.4, 0.5) is 0 Å². The molecule has 4 rings (SSSR count). The molecule has 0 saturated heterocycles. The van der Waals surface area contributed by atoms with Gasteiger partial charge in [-0.2, -0.15) is 0 Å². The molecule has 25 heavy (non-hydrogen) atoms. The van der Waals surface area contributed by atoms with E-state index in [1.807, 2.05) is 12.1 Å². The highest BCUT2D eigenvalue weighted by atomic mass is 32.2. The van der Waals surface area contributed by atoms with Crippen LogP contribution in [0.3, 0.4) is 0 Å². The molecule has 2 aliphatic rings. The number of rotatable bonds is 5. The molecule has 2 unspecified atom stereocenters. The van der Waals surface area contributed by atoms with Crippen molar-refractivity contribution in [2.45, 2.75) is 42.2 Å². The lowest BCUT2D eigenvalue weighted by Gasteiger charge is -2.36. The van der Waals surface area contributed by atoms with Crippen LogP contribution >= 0.6 is 0 Å². The van der Waals surface area contributed by atoms with Crippen LogP contribution in [0.15, 0.2) is 53.4 Å². The van der Waals surface area contributed by atoms with Crippen LogP contribution in [0.25, 0.3) is 0 Å². The van der Waals surface area contributed by atoms with Gasteiger partial charge in [0.15, 0.2) is 9.84 Å². The Morgan fingerprint density at radius 2 is 1.80 bits per heavy atom. The minimum atomic E-state index is -3.21. The van der Waals surface area contributed by atoms with E-state index in [4.69, 9.17) is 10.5 Å². The first-order valence-electron chi connectivity index (χ1n) is 8.71. The zero-order valence-corrected chi connectivity index (χ0v) is 15.1. The predicted molar refractivity (Wildman–Crippen MR) is 97.3 cm³/mol. The van der Waals surface area contributed by atoms with E-state index in [1.54, 1.807) is 24.3 Å². The first-order valence-corrected chi connectivity index (χ1v) is 10.6. The van der Waals surface area contributed by atoms with Crippen molar-refractivity contribution in [3.63, 3.8) is 0 Å². The maximum Gasteiger partial charge on any atom is 0.175 e. The average molecular weight is 357 g/mol. The minimum absolute atomic E-state index is 0.0971.